The maximum absolute atomic E-state index is 8.89. The molecule has 0 bridgehead atoms. The fourth-order valence-electron chi connectivity index (χ4n) is 3.36. The summed E-state index contributed by atoms with van der Waals surface area (Å²) < 4.78 is 0. The molecule has 6 aromatic rings. The number of aromatic nitrogens is 4. The van der Waals surface area contributed by atoms with Gasteiger partial charge in [0.25, 0.3) is 0 Å². The van der Waals surface area contributed by atoms with Crippen molar-refractivity contribution >= 4 is 55.6 Å². The van der Waals surface area contributed by atoms with Crippen LogP contribution in [0.25, 0.3) is 43.6 Å². The molecule has 6 rings (SSSR count). The molecule has 4 heterocycles. The second-order valence-corrected chi connectivity index (χ2v) is 7.41. The van der Waals surface area contributed by atoms with Gasteiger partial charge in [0.15, 0.2) is 0 Å². The van der Waals surface area contributed by atoms with Gasteiger partial charge in [0.2, 0.25) is 0 Å². The van der Waals surface area contributed by atoms with Crippen LogP contribution in [0, 0.1) is 0 Å². The zero-order valence-electron chi connectivity index (χ0n) is 20.0. The normalized spacial score (nSPS) is 9.57. The van der Waals surface area contributed by atoms with E-state index in [9.17, 15) is 0 Å². The number of carbonyl (C=O) groups excluding carboxylic acids is 2. The van der Waals surface area contributed by atoms with Gasteiger partial charge in [-0.2, -0.15) is 0 Å². The Balaban J connectivity index is 0.000000199. The quantitative estimate of drug-likeness (QED) is 0.197. The first-order valence-electron chi connectivity index (χ1n) is 10.9. The van der Waals surface area contributed by atoms with Gasteiger partial charge in [-0.15, -0.1) is 0 Å². The Hall–Kier alpha value is -4.32. The minimum absolute atomic E-state index is 0. The molecular formula is C28H22N4O4Pd. The Morgan fingerprint density at radius 3 is 0.865 bits per heavy atom. The monoisotopic (exact) mass is 584 g/mol. The Morgan fingerprint density at radius 1 is 0.486 bits per heavy atom. The maximum atomic E-state index is 8.89. The van der Waals surface area contributed by atoms with Crippen LogP contribution in [0.5, 0.6) is 0 Å². The third-order valence-corrected chi connectivity index (χ3v) is 4.69. The number of aliphatic carboxylic acids is 2. The fraction of sp³-hybridized carbons (Fsp3) is 0.0714. The molecule has 0 atom stereocenters. The van der Waals surface area contributed by atoms with E-state index in [1.54, 1.807) is 24.8 Å². The Bertz CT molecular complexity index is 1400. The second kappa shape index (κ2) is 14.3. The van der Waals surface area contributed by atoms with Gasteiger partial charge in [-0.05, 0) is 38.1 Å². The predicted molar refractivity (Wildman–Crippen MR) is 135 cm³/mol. The summed E-state index contributed by atoms with van der Waals surface area (Å²) in [5, 5.41) is 22.3. The SMILES string of the molecule is CC(=O)[O-].CC(=O)[O-].[Pd+2].c1cnc2c(c1)ccc1cccnc12.c1cnc2c(c1)ccc1cccnc12. The van der Waals surface area contributed by atoms with Crippen LogP contribution in [0.3, 0.4) is 0 Å². The number of carboxylic acid groups (broad SMARTS) is 2. The Kier molecular flexibility index (Phi) is 11.2. The molecule has 2 aromatic carbocycles. The van der Waals surface area contributed by atoms with Crippen LogP contribution in [0.15, 0.2) is 97.6 Å². The Labute approximate surface area is 226 Å². The van der Waals surface area contributed by atoms with Crippen molar-refractivity contribution in [1.29, 1.82) is 0 Å². The van der Waals surface area contributed by atoms with Crippen molar-refractivity contribution in [3.8, 4) is 0 Å². The molecule has 0 radical (unpaired) electrons. The van der Waals surface area contributed by atoms with Crippen molar-refractivity contribution in [3.63, 3.8) is 0 Å². The molecule has 0 saturated heterocycles. The number of nitrogens with zero attached hydrogens (tertiary/aromatic N) is 4. The van der Waals surface area contributed by atoms with Crippen molar-refractivity contribution < 1.29 is 40.2 Å². The summed E-state index contributed by atoms with van der Waals surface area (Å²) in [5.41, 5.74) is 3.91. The molecule has 37 heavy (non-hydrogen) atoms. The molecule has 8 nitrogen and oxygen atoms in total. The van der Waals surface area contributed by atoms with Gasteiger partial charge >= 0.3 is 20.4 Å². The summed E-state index contributed by atoms with van der Waals surface area (Å²) in [4.78, 5) is 35.2. The molecule has 0 N–H and O–H groups in total. The molecule has 9 heteroatoms. The number of fused-ring (bicyclic) bond motifs is 6. The second-order valence-electron chi connectivity index (χ2n) is 7.41. The first-order valence-corrected chi connectivity index (χ1v) is 10.9. The summed E-state index contributed by atoms with van der Waals surface area (Å²) in [6.07, 6.45) is 7.21. The van der Waals surface area contributed by atoms with Crippen molar-refractivity contribution in [1.82, 2.24) is 19.9 Å². The van der Waals surface area contributed by atoms with E-state index in [4.69, 9.17) is 19.8 Å². The largest absolute Gasteiger partial charge is 2.00 e. The molecule has 4 aromatic heterocycles. The fourth-order valence-corrected chi connectivity index (χ4v) is 3.36. The van der Waals surface area contributed by atoms with E-state index in [0.29, 0.717) is 0 Å². The van der Waals surface area contributed by atoms with E-state index in [1.807, 2.05) is 24.3 Å². The molecule has 0 fully saturated rings. The smallest absolute Gasteiger partial charge is 0.550 e. The van der Waals surface area contributed by atoms with Gasteiger partial charge in [-0.25, -0.2) is 0 Å². The van der Waals surface area contributed by atoms with Crippen molar-refractivity contribution in [2.45, 2.75) is 13.8 Å². The number of pyridine rings is 4. The molecule has 0 spiro atoms. The van der Waals surface area contributed by atoms with Crippen LogP contribution < -0.4 is 10.2 Å². The van der Waals surface area contributed by atoms with Gasteiger partial charge < -0.3 is 19.8 Å². The maximum Gasteiger partial charge on any atom is 2.00 e. The number of hydrogen-bond acceptors (Lipinski definition) is 8. The van der Waals surface area contributed by atoms with Crippen LogP contribution in [0.1, 0.15) is 13.8 Å². The third-order valence-electron chi connectivity index (χ3n) is 4.69. The number of hydrogen-bond donors (Lipinski definition) is 0. The van der Waals surface area contributed by atoms with Crippen molar-refractivity contribution in [2.75, 3.05) is 0 Å². The molecule has 0 aliphatic heterocycles. The van der Waals surface area contributed by atoms with E-state index in [1.165, 1.54) is 0 Å². The van der Waals surface area contributed by atoms with E-state index >= 15 is 0 Å². The van der Waals surface area contributed by atoms with Crippen LogP contribution in [-0.4, -0.2) is 31.9 Å². The summed E-state index contributed by atoms with van der Waals surface area (Å²) in [5.74, 6) is -2.17. The summed E-state index contributed by atoms with van der Waals surface area (Å²) in [6.45, 7) is 1.94. The zero-order chi connectivity index (χ0) is 25.9. The number of benzene rings is 2. The minimum Gasteiger partial charge on any atom is -0.550 e. The average Bonchev–Trinajstić information content (AvgIpc) is 2.88. The number of carboxylic acids is 2. The molecule has 0 amide bonds. The molecule has 0 unspecified atom stereocenters. The van der Waals surface area contributed by atoms with E-state index < -0.39 is 11.9 Å². The summed E-state index contributed by atoms with van der Waals surface area (Å²) >= 11 is 0. The topological polar surface area (TPSA) is 132 Å². The molecule has 188 valence electrons. The summed E-state index contributed by atoms with van der Waals surface area (Å²) in [7, 11) is 0. The van der Waals surface area contributed by atoms with Crippen molar-refractivity contribution in [3.05, 3.63) is 97.6 Å². The summed E-state index contributed by atoms with van der Waals surface area (Å²) in [6, 6.07) is 24.3. The van der Waals surface area contributed by atoms with Gasteiger partial charge in [0.1, 0.15) is 0 Å². The Morgan fingerprint density at radius 2 is 0.676 bits per heavy atom. The number of carbonyl (C=O) groups is 2. The first kappa shape index (κ1) is 28.9. The average molecular weight is 585 g/mol. The molecular weight excluding hydrogens is 563 g/mol. The standard InChI is InChI=1S/2C12H8N2.2C2H4O2.Pd/c2*1-3-9-5-6-10-4-2-8-14-12(10)11(9)13-7-1;2*1-2(3)4;/h2*1-8H;2*1H3,(H,3,4);/q;;;;+2/p-2. The van der Waals surface area contributed by atoms with Gasteiger partial charge in [-0.1, -0.05) is 48.5 Å². The van der Waals surface area contributed by atoms with Crippen LogP contribution in [-0.2, 0) is 30.0 Å². The molecule has 0 saturated carbocycles. The van der Waals surface area contributed by atoms with Crippen molar-refractivity contribution in [2.24, 2.45) is 0 Å². The van der Waals surface area contributed by atoms with Gasteiger partial charge in [0, 0.05) is 58.3 Å². The van der Waals surface area contributed by atoms with Crippen LogP contribution in [0.4, 0.5) is 0 Å². The predicted octanol–water partition coefficient (Wildman–Crippen LogP) is 3.08. The van der Waals surface area contributed by atoms with Crippen LogP contribution >= 0.6 is 0 Å². The van der Waals surface area contributed by atoms with E-state index in [0.717, 1.165) is 57.5 Å². The van der Waals surface area contributed by atoms with E-state index in [-0.39, 0.29) is 20.4 Å². The van der Waals surface area contributed by atoms with E-state index in [2.05, 4.69) is 68.5 Å². The minimum atomic E-state index is -1.08. The van der Waals surface area contributed by atoms with Gasteiger partial charge in [-0.3, -0.25) is 19.9 Å². The van der Waals surface area contributed by atoms with Gasteiger partial charge in [0.05, 0.1) is 22.1 Å². The molecule has 0 aliphatic carbocycles. The first-order chi connectivity index (χ1) is 17.4. The number of rotatable bonds is 0. The third kappa shape index (κ3) is 8.39. The van der Waals surface area contributed by atoms with Crippen LogP contribution in [0.2, 0.25) is 0 Å². The molecule has 0 aliphatic rings. The zero-order valence-corrected chi connectivity index (χ0v) is 21.5.